The first kappa shape index (κ1) is 18.8. The Labute approximate surface area is 165 Å². The Morgan fingerprint density at radius 2 is 2.00 bits per heavy atom. The number of ether oxygens (including phenoxy) is 3. The fraction of sp³-hybridized carbons (Fsp3) is 0.435. The lowest BCUT2D eigenvalue weighted by Crippen LogP contribution is -2.33. The molecule has 1 saturated carbocycles. The molecule has 2 aliphatic rings. The van der Waals surface area contributed by atoms with E-state index in [1.807, 2.05) is 37.3 Å². The maximum absolute atomic E-state index is 12.6. The van der Waals surface area contributed by atoms with Crippen LogP contribution < -0.4 is 10.3 Å². The Kier molecular flexibility index (Phi) is 5.80. The summed E-state index contributed by atoms with van der Waals surface area (Å²) in [4.78, 5) is 12.6. The summed E-state index contributed by atoms with van der Waals surface area (Å²) in [5.74, 6) is 7.63. The predicted octanol–water partition coefficient (Wildman–Crippen LogP) is 3.09. The normalized spacial score (nSPS) is 19.0. The third-order valence-corrected chi connectivity index (χ3v) is 4.92. The van der Waals surface area contributed by atoms with E-state index in [2.05, 4.69) is 11.8 Å². The summed E-state index contributed by atoms with van der Waals surface area (Å²) >= 11 is 0. The largest absolute Gasteiger partial charge is 0.491 e. The second kappa shape index (κ2) is 8.64. The summed E-state index contributed by atoms with van der Waals surface area (Å²) in [5, 5.41) is 0. The van der Waals surface area contributed by atoms with E-state index in [0.717, 1.165) is 16.8 Å². The average molecular weight is 379 g/mol. The molecule has 1 unspecified atom stereocenters. The first-order valence-electron chi connectivity index (χ1n) is 9.92. The molecule has 146 valence electrons. The smallest absolute Gasteiger partial charge is 0.254 e. The highest BCUT2D eigenvalue weighted by Crippen LogP contribution is 2.28. The van der Waals surface area contributed by atoms with E-state index in [1.165, 1.54) is 18.9 Å². The van der Waals surface area contributed by atoms with Gasteiger partial charge in [0.1, 0.15) is 18.5 Å². The molecule has 1 saturated heterocycles. The molecular formula is C23H25NO4. The molecule has 0 N–H and O–H groups in total. The lowest BCUT2D eigenvalue weighted by atomic mass is 10.1. The van der Waals surface area contributed by atoms with Crippen LogP contribution >= 0.6 is 0 Å². The SMILES string of the molecule is CCn1c(-c2ccc(C#CC3CC3)cc2)cc(OCC2COCCO2)cc1=O. The fourth-order valence-electron chi connectivity index (χ4n) is 3.18. The van der Waals surface area contributed by atoms with Gasteiger partial charge in [-0.3, -0.25) is 4.79 Å². The molecule has 1 aromatic heterocycles. The third-order valence-electron chi connectivity index (χ3n) is 4.92. The van der Waals surface area contributed by atoms with Crippen molar-refractivity contribution in [1.29, 1.82) is 0 Å². The van der Waals surface area contributed by atoms with Crippen molar-refractivity contribution < 1.29 is 14.2 Å². The van der Waals surface area contributed by atoms with Crippen LogP contribution in [0.25, 0.3) is 11.3 Å². The predicted molar refractivity (Wildman–Crippen MR) is 107 cm³/mol. The number of aromatic nitrogens is 1. The van der Waals surface area contributed by atoms with Crippen LogP contribution in [0.4, 0.5) is 0 Å². The molecule has 5 nitrogen and oxygen atoms in total. The Morgan fingerprint density at radius 3 is 2.68 bits per heavy atom. The minimum absolute atomic E-state index is 0.0755. The van der Waals surface area contributed by atoms with Crippen molar-refractivity contribution in [2.75, 3.05) is 26.4 Å². The zero-order valence-corrected chi connectivity index (χ0v) is 16.1. The molecule has 0 radical (unpaired) electrons. The molecular weight excluding hydrogens is 354 g/mol. The van der Waals surface area contributed by atoms with Crippen molar-refractivity contribution in [2.45, 2.75) is 32.4 Å². The molecule has 2 fully saturated rings. The lowest BCUT2D eigenvalue weighted by molar-refractivity contribution is -0.101. The van der Waals surface area contributed by atoms with Crippen molar-refractivity contribution in [3.63, 3.8) is 0 Å². The maximum Gasteiger partial charge on any atom is 0.254 e. The summed E-state index contributed by atoms with van der Waals surface area (Å²) in [6, 6.07) is 11.5. The summed E-state index contributed by atoms with van der Waals surface area (Å²) in [5.41, 5.74) is 2.74. The Balaban J connectivity index is 1.55. The number of hydrogen-bond acceptors (Lipinski definition) is 4. The van der Waals surface area contributed by atoms with Crippen molar-refractivity contribution in [3.05, 3.63) is 52.3 Å². The molecule has 1 aliphatic carbocycles. The van der Waals surface area contributed by atoms with E-state index in [4.69, 9.17) is 14.2 Å². The molecule has 1 aliphatic heterocycles. The molecule has 2 aromatic rings. The van der Waals surface area contributed by atoms with Crippen molar-refractivity contribution >= 4 is 0 Å². The van der Waals surface area contributed by atoms with E-state index in [-0.39, 0.29) is 11.7 Å². The van der Waals surface area contributed by atoms with E-state index >= 15 is 0 Å². The Hall–Kier alpha value is -2.55. The van der Waals surface area contributed by atoms with Gasteiger partial charge in [-0.15, -0.1) is 0 Å². The molecule has 0 amide bonds. The maximum atomic E-state index is 12.6. The molecule has 1 atom stereocenters. The third kappa shape index (κ3) is 4.64. The lowest BCUT2D eigenvalue weighted by Gasteiger charge is -2.23. The van der Waals surface area contributed by atoms with Crippen LogP contribution in [-0.2, 0) is 16.0 Å². The van der Waals surface area contributed by atoms with Gasteiger partial charge in [0.25, 0.3) is 5.56 Å². The van der Waals surface area contributed by atoms with Crippen LogP contribution in [0.1, 0.15) is 25.3 Å². The van der Waals surface area contributed by atoms with E-state index in [0.29, 0.717) is 44.6 Å². The van der Waals surface area contributed by atoms with Crippen LogP contribution in [0.5, 0.6) is 5.75 Å². The van der Waals surface area contributed by atoms with E-state index < -0.39 is 0 Å². The van der Waals surface area contributed by atoms with Crippen molar-refractivity contribution in [3.8, 4) is 28.8 Å². The minimum atomic E-state index is -0.102. The topological polar surface area (TPSA) is 49.7 Å². The van der Waals surface area contributed by atoms with Gasteiger partial charge in [-0.25, -0.2) is 0 Å². The van der Waals surface area contributed by atoms with Gasteiger partial charge in [-0.1, -0.05) is 24.0 Å². The van der Waals surface area contributed by atoms with E-state index in [1.54, 1.807) is 4.57 Å². The van der Waals surface area contributed by atoms with Crippen LogP contribution in [-0.4, -0.2) is 37.1 Å². The zero-order chi connectivity index (χ0) is 19.3. The van der Waals surface area contributed by atoms with Crippen LogP contribution in [0.2, 0.25) is 0 Å². The molecule has 2 heterocycles. The number of rotatable bonds is 5. The van der Waals surface area contributed by atoms with Gasteiger partial charge in [0, 0.05) is 30.2 Å². The second-order valence-electron chi connectivity index (χ2n) is 7.16. The number of benzene rings is 1. The summed E-state index contributed by atoms with van der Waals surface area (Å²) in [7, 11) is 0. The molecule has 0 bridgehead atoms. The molecule has 5 heteroatoms. The molecule has 1 aromatic carbocycles. The highest BCUT2D eigenvalue weighted by molar-refractivity contribution is 5.62. The number of pyridine rings is 1. The average Bonchev–Trinajstić information content (AvgIpc) is 3.56. The van der Waals surface area contributed by atoms with Gasteiger partial charge in [-0.05, 0) is 37.5 Å². The fourth-order valence-corrected chi connectivity index (χ4v) is 3.18. The zero-order valence-electron chi connectivity index (χ0n) is 16.1. The number of hydrogen-bond donors (Lipinski definition) is 0. The van der Waals surface area contributed by atoms with Crippen LogP contribution in [0.3, 0.4) is 0 Å². The van der Waals surface area contributed by atoms with Crippen molar-refractivity contribution in [2.24, 2.45) is 5.92 Å². The highest BCUT2D eigenvalue weighted by Gasteiger charge is 2.18. The minimum Gasteiger partial charge on any atom is -0.491 e. The van der Waals surface area contributed by atoms with Crippen LogP contribution in [0.15, 0.2) is 41.2 Å². The highest BCUT2D eigenvalue weighted by atomic mass is 16.6. The quantitative estimate of drug-likeness (QED) is 0.749. The monoisotopic (exact) mass is 379 g/mol. The Bertz CT molecular complexity index is 926. The van der Waals surface area contributed by atoms with Gasteiger partial charge in [-0.2, -0.15) is 0 Å². The molecule has 4 rings (SSSR count). The van der Waals surface area contributed by atoms with Gasteiger partial charge in [0.15, 0.2) is 0 Å². The van der Waals surface area contributed by atoms with Crippen LogP contribution in [0, 0.1) is 17.8 Å². The van der Waals surface area contributed by atoms with Gasteiger partial charge < -0.3 is 18.8 Å². The van der Waals surface area contributed by atoms with Gasteiger partial charge >= 0.3 is 0 Å². The van der Waals surface area contributed by atoms with E-state index in [9.17, 15) is 4.79 Å². The molecule has 28 heavy (non-hydrogen) atoms. The first-order valence-corrected chi connectivity index (χ1v) is 9.92. The first-order chi connectivity index (χ1) is 13.7. The summed E-state index contributed by atoms with van der Waals surface area (Å²) in [6.45, 7) is 4.64. The standard InChI is InChI=1S/C23H25NO4/c1-2-24-22(19-9-7-18(8-10-19)6-5-17-3-4-17)13-20(14-23(24)25)28-16-21-15-26-11-12-27-21/h7-10,13-14,17,21H,2-4,11-12,15-16H2,1H3. The number of nitrogens with zero attached hydrogens (tertiary/aromatic N) is 1. The Morgan fingerprint density at radius 1 is 1.18 bits per heavy atom. The second-order valence-corrected chi connectivity index (χ2v) is 7.16. The van der Waals surface area contributed by atoms with Gasteiger partial charge in [0.2, 0.25) is 0 Å². The van der Waals surface area contributed by atoms with Gasteiger partial charge in [0.05, 0.1) is 25.5 Å². The summed E-state index contributed by atoms with van der Waals surface area (Å²) < 4.78 is 18.6. The summed E-state index contributed by atoms with van der Waals surface area (Å²) in [6.07, 6.45) is 2.34. The van der Waals surface area contributed by atoms with Crippen molar-refractivity contribution in [1.82, 2.24) is 4.57 Å². The molecule has 0 spiro atoms.